The van der Waals surface area contributed by atoms with E-state index in [1.54, 1.807) is 18.3 Å². The lowest BCUT2D eigenvalue weighted by Crippen LogP contribution is -1.90. The largest absolute Gasteiger partial charge is 0.340 e. The monoisotopic (exact) mass is 241 g/mol. The number of hydrogen-bond acceptors (Lipinski definition) is 2. The molecule has 0 unspecified atom stereocenters. The van der Waals surface area contributed by atoms with E-state index in [1.807, 2.05) is 13.0 Å². The Kier molecular flexibility index (Phi) is 2.55. The molecular formula is C14H12FN3. The van der Waals surface area contributed by atoms with Crippen molar-refractivity contribution < 1.29 is 4.39 Å². The first-order valence-corrected chi connectivity index (χ1v) is 5.77. The van der Waals surface area contributed by atoms with Crippen molar-refractivity contribution in [1.29, 1.82) is 0 Å². The summed E-state index contributed by atoms with van der Waals surface area (Å²) in [5.41, 5.74) is 3.84. The minimum absolute atomic E-state index is 0.221. The van der Waals surface area contributed by atoms with Crippen LogP contribution in [0.15, 0.2) is 36.5 Å². The number of aryl methyl sites for hydroxylation is 1. The second-order valence-electron chi connectivity index (χ2n) is 4.31. The van der Waals surface area contributed by atoms with Crippen LogP contribution in [0.1, 0.15) is 17.0 Å². The Bertz CT molecular complexity index is 686. The zero-order valence-corrected chi connectivity index (χ0v) is 9.94. The third-order valence-corrected chi connectivity index (χ3v) is 2.93. The van der Waals surface area contributed by atoms with E-state index >= 15 is 0 Å². The summed E-state index contributed by atoms with van der Waals surface area (Å²) >= 11 is 0. The van der Waals surface area contributed by atoms with Gasteiger partial charge in [0.15, 0.2) is 5.65 Å². The van der Waals surface area contributed by atoms with Crippen LogP contribution < -0.4 is 0 Å². The molecule has 0 saturated heterocycles. The van der Waals surface area contributed by atoms with Crippen molar-refractivity contribution in [1.82, 2.24) is 15.0 Å². The average Bonchev–Trinajstić information content (AvgIpc) is 2.76. The molecule has 0 fully saturated rings. The van der Waals surface area contributed by atoms with Gasteiger partial charge in [0.1, 0.15) is 11.6 Å². The second kappa shape index (κ2) is 4.22. The highest BCUT2D eigenvalue weighted by Gasteiger charge is 2.06. The van der Waals surface area contributed by atoms with Crippen LogP contribution in [0, 0.1) is 12.7 Å². The van der Waals surface area contributed by atoms with Crippen molar-refractivity contribution in [3.05, 3.63) is 59.3 Å². The predicted octanol–water partition coefficient (Wildman–Crippen LogP) is 3.00. The topological polar surface area (TPSA) is 41.6 Å². The Hall–Kier alpha value is -2.23. The van der Waals surface area contributed by atoms with Crippen LogP contribution in [0.3, 0.4) is 0 Å². The third kappa shape index (κ3) is 1.97. The van der Waals surface area contributed by atoms with Gasteiger partial charge in [-0.25, -0.2) is 14.4 Å². The summed E-state index contributed by atoms with van der Waals surface area (Å²) in [6, 6.07) is 8.40. The Morgan fingerprint density at radius 3 is 2.67 bits per heavy atom. The summed E-state index contributed by atoms with van der Waals surface area (Å²) in [6.45, 7) is 2.02. The molecule has 0 spiro atoms. The fourth-order valence-electron chi connectivity index (χ4n) is 1.96. The number of pyridine rings is 1. The lowest BCUT2D eigenvalue weighted by Gasteiger charge is -1.97. The molecule has 0 atom stereocenters. The molecule has 90 valence electrons. The molecule has 0 aliphatic carbocycles. The maximum Gasteiger partial charge on any atom is 0.177 e. The highest BCUT2D eigenvalue weighted by molar-refractivity contribution is 5.74. The van der Waals surface area contributed by atoms with Crippen LogP contribution in [0.5, 0.6) is 0 Å². The van der Waals surface area contributed by atoms with E-state index in [0.717, 1.165) is 28.1 Å². The Morgan fingerprint density at radius 1 is 1.17 bits per heavy atom. The molecule has 3 nitrogen and oxygen atoms in total. The van der Waals surface area contributed by atoms with Gasteiger partial charge in [-0.1, -0.05) is 12.1 Å². The molecule has 1 aromatic carbocycles. The lowest BCUT2D eigenvalue weighted by molar-refractivity contribution is 0.627. The summed E-state index contributed by atoms with van der Waals surface area (Å²) < 4.78 is 12.8. The molecule has 0 bridgehead atoms. The summed E-state index contributed by atoms with van der Waals surface area (Å²) in [6.07, 6.45) is 2.40. The van der Waals surface area contributed by atoms with E-state index in [0.29, 0.717) is 6.42 Å². The molecule has 0 aliphatic rings. The van der Waals surface area contributed by atoms with Crippen molar-refractivity contribution in [3.63, 3.8) is 0 Å². The molecule has 3 rings (SSSR count). The van der Waals surface area contributed by atoms with Gasteiger partial charge in [0, 0.05) is 12.6 Å². The summed E-state index contributed by atoms with van der Waals surface area (Å²) in [5, 5.41) is 0. The zero-order chi connectivity index (χ0) is 12.5. The van der Waals surface area contributed by atoms with Gasteiger partial charge >= 0.3 is 0 Å². The van der Waals surface area contributed by atoms with Crippen molar-refractivity contribution in [2.45, 2.75) is 13.3 Å². The quantitative estimate of drug-likeness (QED) is 0.749. The Morgan fingerprint density at radius 2 is 1.94 bits per heavy atom. The zero-order valence-electron chi connectivity index (χ0n) is 9.94. The van der Waals surface area contributed by atoms with Crippen molar-refractivity contribution in [2.75, 3.05) is 0 Å². The third-order valence-electron chi connectivity index (χ3n) is 2.93. The van der Waals surface area contributed by atoms with E-state index in [4.69, 9.17) is 0 Å². The highest BCUT2D eigenvalue weighted by atomic mass is 19.1. The maximum atomic E-state index is 12.8. The van der Waals surface area contributed by atoms with Gasteiger partial charge in [-0.3, -0.25) is 0 Å². The number of hydrogen-bond donors (Lipinski definition) is 1. The highest BCUT2D eigenvalue weighted by Crippen LogP contribution is 2.15. The molecule has 0 radical (unpaired) electrons. The van der Waals surface area contributed by atoms with Crippen LogP contribution in [0.4, 0.5) is 4.39 Å². The number of fused-ring (bicyclic) bond motifs is 1. The van der Waals surface area contributed by atoms with Crippen LogP contribution in [0.2, 0.25) is 0 Å². The number of nitrogens with zero attached hydrogens (tertiary/aromatic N) is 2. The van der Waals surface area contributed by atoms with Gasteiger partial charge in [-0.05, 0) is 36.2 Å². The standard InChI is InChI=1S/C14H12FN3/c1-9-6-7-16-14-13(9)17-12(18-14)8-10-2-4-11(15)5-3-10/h2-7H,8H2,1H3,(H,16,17,18). The van der Waals surface area contributed by atoms with Crippen LogP contribution in [0.25, 0.3) is 11.2 Å². The number of imidazole rings is 1. The van der Waals surface area contributed by atoms with E-state index in [1.165, 1.54) is 12.1 Å². The molecule has 1 N–H and O–H groups in total. The van der Waals surface area contributed by atoms with E-state index < -0.39 is 0 Å². The summed E-state index contributed by atoms with van der Waals surface area (Å²) in [7, 11) is 0. The minimum Gasteiger partial charge on any atom is -0.340 e. The number of aromatic amines is 1. The second-order valence-corrected chi connectivity index (χ2v) is 4.31. The lowest BCUT2D eigenvalue weighted by atomic mass is 10.1. The first-order valence-electron chi connectivity index (χ1n) is 5.77. The normalized spacial score (nSPS) is 11.0. The molecule has 0 saturated carbocycles. The number of aromatic nitrogens is 3. The summed E-state index contributed by atoms with van der Waals surface area (Å²) in [4.78, 5) is 11.9. The van der Waals surface area contributed by atoms with Crippen LogP contribution in [-0.2, 0) is 6.42 Å². The first-order chi connectivity index (χ1) is 8.72. The molecule has 4 heteroatoms. The molecular weight excluding hydrogens is 229 g/mol. The molecule has 0 aliphatic heterocycles. The van der Waals surface area contributed by atoms with Crippen LogP contribution in [-0.4, -0.2) is 15.0 Å². The molecule has 3 aromatic rings. The molecule has 2 aromatic heterocycles. The van der Waals surface area contributed by atoms with Gasteiger partial charge in [0.05, 0.1) is 5.52 Å². The fourth-order valence-corrected chi connectivity index (χ4v) is 1.96. The number of halogens is 1. The van der Waals surface area contributed by atoms with Gasteiger partial charge in [0.25, 0.3) is 0 Å². The number of nitrogens with one attached hydrogen (secondary N) is 1. The Balaban J connectivity index is 1.95. The number of rotatable bonds is 2. The van der Waals surface area contributed by atoms with Gasteiger partial charge in [-0.15, -0.1) is 0 Å². The SMILES string of the molecule is Cc1ccnc2nc(Cc3ccc(F)cc3)[nH]c12. The molecule has 18 heavy (non-hydrogen) atoms. The fraction of sp³-hybridized carbons (Fsp3) is 0.143. The Labute approximate surface area is 104 Å². The van der Waals surface area contributed by atoms with Gasteiger partial charge in [-0.2, -0.15) is 0 Å². The van der Waals surface area contributed by atoms with E-state index in [-0.39, 0.29) is 5.82 Å². The van der Waals surface area contributed by atoms with Crippen molar-refractivity contribution in [2.24, 2.45) is 0 Å². The predicted molar refractivity (Wildman–Crippen MR) is 67.8 cm³/mol. The average molecular weight is 241 g/mol. The van der Waals surface area contributed by atoms with Crippen LogP contribution >= 0.6 is 0 Å². The summed E-state index contributed by atoms with van der Waals surface area (Å²) in [5.74, 6) is 0.624. The van der Waals surface area contributed by atoms with Crippen molar-refractivity contribution in [3.8, 4) is 0 Å². The maximum absolute atomic E-state index is 12.8. The molecule has 0 amide bonds. The van der Waals surface area contributed by atoms with Crippen molar-refractivity contribution >= 4 is 11.2 Å². The number of benzene rings is 1. The first kappa shape index (κ1) is 10.9. The smallest absolute Gasteiger partial charge is 0.177 e. The minimum atomic E-state index is -0.221. The van der Waals surface area contributed by atoms with E-state index in [2.05, 4.69) is 15.0 Å². The number of H-pyrrole nitrogens is 1. The van der Waals surface area contributed by atoms with Gasteiger partial charge in [0.2, 0.25) is 0 Å². The van der Waals surface area contributed by atoms with E-state index in [9.17, 15) is 4.39 Å². The molecule has 2 heterocycles. The van der Waals surface area contributed by atoms with Gasteiger partial charge < -0.3 is 4.98 Å².